The van der Waals surface area contributed by atoms with Gasteiger partial charge >= 0.3 is 0 Å². The van der Waals surface area contributed by atoms with Crippen LogP contribution in [0.1, 0.15) is 26.7 Å². The Morgan fingerprint density at radius 1 is 1.50 bits per heavy atom. The van der Waals surface area contributed by atoms with Gasteiger partial charge in [0.2, 0.25) is 5.91 Å². The number of primary amides is 1. The van der Waals surface area contributed by atoms with Crippen molar-refractivity contribution < 1.29 is 13.6 Å². The van der Waals surface area contributed by atoms with Gasteiger partial charge < -0.3 is 10.3 Å². The third-order valence-electron chi connectivity index (χ3n) is 1.57. The topological polar surface area (TPSA) is 80.4 Å². The molecule has 0 saturated heterocycles. The summed E-state index contributed by atoms with van der Waals surface area (Å²) >= 11 is -2.12. The summed E-state index contributed by atoms with van der Waals surface area (Å²) in [5.41, 5.74) is 4.93. The predicted octanol–water partition coefficient (Wildman–Crippen LogP) is 0.498. The van der Waals surface area contributed by atoms with Gasteiger partial charge in [0.1, 0.15) is 5.25 Å². The largest absolute Gasteiger partial charge is 0.369 e. The van der Waals surface area contributed by atoms with Crippen LogP contribution in [0.25, 0.3) is 0 Å². The average molecular weight is 193 g/mol. The van der Waals surface area contributed by atoms with E-state index in [4.69, 9.17) is 10.3 Å². The molecule has 0 fully saturated rings. The van der Waals surface area contributed by atoms with Gasteiger partial charge in [-0.25, -0.2) is 4.21 Å². The Bertz CT molecular complexity index is 167. The second kappa shape index (κ2) is 5.27. The van der Waals surface area contributed by atoms with Crippen LogP contribution in [0.4, 0.5) is 0 Å². The molecule has 0 aliphatic heterocycles. The van der Waals surface area contributed by atoms with Crippen molar-refractivity contribution in [2.45, 2.75) is 31.9 Å². The maximum Gasteiger partial charge on any atom is 0.235 e. The van der Waals surface area contributed by atoms with E-state index < -0.39 is 22.2 Å². The molecule has 0 aromatic rings. The number of nitrogens with two attached hydrogens (primary N) is 1. The van der Waals surface area contributed by atoms with Gasteiger partial charge in [0.15, 0.2) is 11.1 Å². The molecule has 0 aliphatic carbocycles. The highest BCUT2D eigenvalue weighted by Gasteiger charge is 2.21. The molecule has 5 heteroatoms. The molecule has 4 nitrogen and oxygen atoms in total. The first-order valence-electron chi connectivity index (χ1n) is 3.84. The number of carbonyl (C=O) groups is 1. The van der Waals surface area contributed by atoms with Crippen LogP contribution in [0.2, 0.25) is 0 Å². The third-order valence-corrected chi connectivity index (χ3v) is 2.52. The van der Waals surface area contributed by atoms with Crippen molar-refractivity contribution in [2.75, 3.05) is 0 Å². The number of carbonyl (C=O) groups excluding carboxylic acids is 1. The van der Waals surface area contributed by atoms with Crippen molar-refractivity contribution in [3.63, 3.8) is 0 Å². The molecular formula is C7H15NO3S. The molecule has 3 N–H and O–H groups in total. The van der Waals surface area contributed by atoms with E-state index in [1.165, 1.54) is 0 Å². The molecule has 0 bridgehead atoms. The van der Waals surface area contributed by atoms with Gasteiger partial charge in [0.05, 0.1) is 0 Å². The standard InChI is InChI=1S/C7H15NO3S/c1-5(2)3-4-6(7(8)9)12(10)11/h5-6H,3-4H2,1-2H3,(H2,8,9)(H,10,11). The molecule has 12 heavy (non-hydrogen) atoms. The third kappa shape index (κ3) is 4.46. The van der Waals surface area contributed by atoms with E-state index in [1.807, 2.05) is 13.8 Å². The Hall–Kier alpha value is -0.420. The van der Waals surface area contributed by atoms with Crippen molar-refractivity contribution in [3.8, 4) is 0 Å². The fourth-order valence-corrected chi connectivity index (χ4v) is 1.36. The fourth-order valence-electron chi connectivity index (χ4n) is 0.827. The van der Waals surface area contributed by atoms with Crippen LogP contribution in [0.15, 0.2) is 0 Å². The minimum Gasteiger partial charge on any atom is -0.369 e. The highest BCUT2D eigenvalue weighted by atomic mass is 32.2. The first-order chi connectivity index (χ1) is 5.45. The molecule has 1 amide bonds. The average Bonchev–Trinajstić information content (AvgIpc) is 1.84. The van der Waals surface area contributed by atoms with Gasteiger partial charge in [0.25, 0.3) is 0 Å². The second-order valence-corrected chi connectivity index (χ2v) is 4.26. The highest BCUT2D eigenvalue weighted by molar-refractivity contribution is 7.80. The lowest BCUT2D eigenvalue weighted by Gasteiger charge is -2.09. The molecule has 0 rings (SSSR count). The Kier molecular flexibility index (Phi) is 5.08. The lowest BCUT2D eigenvalue weighted by atomic mass is 10.1. The van der Waals surface area contributed by atoms with E-state index in [2.05, 4.69) is 0 Å². The van der Waals surface area contributed by atoms with Gasteiger partial charge in [-0.3, -0.25) is 4.79 Å². The zero-order valence-corrected chi connectivity index (χ0v) is 8.13. The number of hydrogen-bond donors (Lipinski definition) is 2. The summed E-state index contributed by atoms with van der Waals surface area (Å²) in [6, 6.07) is 0. The van der Waals surface area contributed by atoms with E-state index in [1.54, 1.807) is 0 Å². The Morgan fingerprint density at radius 3 is 2.25 bits per heavy atom. The first-order valence-corrected chi connectivity index (χ1v) is 5.01. The summed E-state index contributed by atoms with van der Waals surface area (Å²) in [6.07, 6.45) is 1.12. The van der Waals surface area contributed by atoms with E-state index in [0.29, 0.717) is 12.3 Å². The summed E-state index contributed by atoms with van der Waals surface area (Å²) in [6.45, 7) is 3.97. The summed E-state index contributed by atoms with van der Waals surface area (Å²) < 4.78 is 19.2. The minimum atomic E-state index is -2.12. The van der Waals surface area contributed by atoms with Crippen molar-refractivity contribution in [2.24, 2.45) is 11.7 Å². The second-order valence-electron chi connectivity index (χ2n) is 3.14. The smallest absolute Gasteiger partial charge is 0.235 e. The summed E-state index contributed by atoms with van der Waals surface area (Å²) in [5.74, 6) is -0.285. The zero-order chi connectivity index (χ0) is 9.72. The van der Waals surface area contributed by atoms with Gasteiger partial charge in [-0.1, -0.05) is 13.8 Å². The molecule has 0 saturated carbocycles. The fraction of sp³-hybridized carbons (Fsp3) is 0.857. The predicted molar refractivity (Wildman–Crippen MR) is 47.8 cm³/mol. The van der Waals surface area contributed by atoms with Crippen LogP contribution >= 0.6 is 0 Å². The first kappa shape index (κ1) is 11.6. The minimum absolute atomic E-state index is 0.385. The monoisotopic (exact) mass is 193 g/mol. The molecule has 2 atom stereocenters. The maximum absolute atomic E-state index is 10.6. The van der Waals surface area contributed by atoms with Crippen LogP contribution in [-0.4, -0.2) is 19.9 Å². The van der Waals surface area contributed by atoms with Crippen LogP contribution in [0.3, 0.4) is 0 Å². The maximum atomic E-state index is 10.6. The lowest BCUT2D eigenvalue weighted by molar-refractivity contribution is -0.117. The molecule has 0 aromatic carbocycles. The molecule has 0 aliphatic rings. The molecule has 2 unspecified atom stereocenters. The molecule has 0 aromatic heterocycles. The summed E-state index contributed by atoms with van der Waals surface area (Å²) in [7, 11) is 0. The number of amides is 1. The van der Waals surface area contributed by atoms with Crippen molar-refractivity contribution in [1.29, 1.82) is 0 Å². The van der Waals surface area contributed by atoms with Crippen LogP contribution in [0, 0.1) is 5.92 Å². The zero-order valence-electron chi connectivity index (χ0n) is 7.32. The molecule has 0 radical (unpaired) electrons. The van der Waals surface area contributed by atoms with Gasteiger partial charge in [-0.15, -0.1) is 0 Å². The van der Waals surface area contributed by atoms with Gasteiger partial charge in [-0.05, 0) is 18.8 Å². The quantitative estimate of drug-likeness (QED) is 0.624. The van der Waals surface area contributed by atoms with E-state index in [0.717, 1.165) is 6.42 Å². The number of hydrogen-bond acceptors (Lipinski definition) is 2. The van der Waals surface area contributed by atoms with Crippen molar-refractivity contribution in [3.05, 3.63) is 0 Å². The van der Waals surface area contributed by atoms with Crippen molar-refractivity contribution >= 4 is 17.0 Å². The van der Waals surface area contributed by atoms with E-state index in [9.17, 15) is 9.00 Å². The van der Waals surface area contributed by atoms with E-state index in [-0.39, 0.29) is 0 Å². The number of rotatable bonds is 5. The lowest BCUT2D eigenvalue weighted by Crippen LogP contribution is -2.32. The molecular weight excluding hydrogens is 178 g/mol. The Balaban J connectivity index is 3.97. The normalized spacial score (nSPS) is 16.0. The van der Waals surface area contributed by atoms with Gasteiger partial charge in [0, 0.05) is 0 Å². The van der Waals surface area contributed by atoms with Crippen molar-refractivity contribution in [1.82, 2.24) is 0 Å². The SMILES string of the molecule is CC(C)CCC(C(N)=O)S(=O)O. The molecule has 0 spiro atoms. The van der Waals surface area contributed by atoms with Gasteiger partial charge in [-0.2, -0.15) is 0 Å². The van der Waals surface area contributed by atoms with E-state index >= 15 is 0 Å². The van der Waals surface area contributed by atoms with Crippen LogP contribution in [0.5, 0.6) is 0 Å². The highest BCUT2D eigenvalue weighted by Crippen LogP contribution is 2.09. The van der Waals surface area contributed by atoms with Crippen LogP contribution < -0.4 is 5.73 Å². The Morgan fingerprint density at radius 2 is 2.00 bits per heavy atom. The summed E-state index contributed by atoms with van der Waals surface area (Å²) in [5, 5.41) is -0.910. The summed E-state index contributed by atoms with van der Waals surface area (Å²) in [4.78, 5) is 10.6. The van der Waals surface area contributed by atoms with Crippen LogP contribution in [-0.2, 0) is 15.9 Å². The Labute approximate surface area is 74.8 Å². The molecule has 72 valence electrons. The molecule has 0 heterocycles.